The first-order valence-corrected chi connectivity index (χ1v) is 11.6. The van der Waals surface area contributed by atoms with E-state index < -0.39 is 5.09 Å². The highest BCUT2D eigenvalue weighted by Gasteiger charge is 2.28. The molecule has 0 radical (unpaired) electrons. The molecule has 0 aromatic heterocycles. The van der Waals surface area contributed by atoms with Gasteiger partial charge in [0, 0.05) is 5.56 Å². The number of nitrogens with zero attached hydrogens (tertiary/aromatic N) is 1. The molecule has 1 N–H and O–H groups in total. The summed E-state index contributed by atoms with van der Waals surface area (Å²) in [7, 11) is 0. The number of ether oxygens (including phenoxy) is 1. The van der Waals surface area contributed by atoms with Crippen LogP contribution in [0, 0.1) is 10.1 Å². The number of allylic oxidation sites excluding steroid dienone is 2. The van der Waals surface area contributed by atoms with E-state index >= 15 is 0 Å². The van der Waals surface area contributed by atoms with Gasteiger partial charge in [-0.1, -0.05) is 39.2 Å². The summed E-state index contributed by atoms with van der Waals surface area (Å²) in [4.78, 5) is 25.8. The molecule has 1 atom stereocenters. The zero-order valence-corrected chi connectivity index (χ0v) is 19.8. The minimum atomic E-state index is -0.751. The van der Waals surface area contributed by atoms with Crippen LogP contribution in [-0.2, 0) is 15.0 Å². The summed E-state index contributed by atoms with van der Waals surface area (Å²) in [6.45, 7) is 8.40. The van der Waals surface area contributed by atoms with Crippen molar-refractivity contribution in [1.82, 2.24) is 0 Å². The van der Waals surface area contributed by atoms with Crippen LogP contribution in [0.5, 0.6) is 11.5 Å². The molecular weight excluding hydrogens is 410 g/mol. The SMILES string of the molecule is CC(C)Oc1cc(C(C)(C)CCCCCCO[N+](=O)[O-])cc(O)c1C1CCC=C(C=O)C1. The summed E-state index contributed by atoms with van der Waals surface area (Å²) in [5.74, 6) is 1.00. The van der Waals surface area contributed by atoms with Gasteiger partial charge in [0.25, 0.3) is 5.09 Å². The zero-order chi connectivity index (χ0) is 23.7. The highest BCUT2D eigenvalue weighted by atomic mass is 16.9. The molecule has 2 rings (SSSR count). The molecule has 0 heterocycles. The summed E-state index contributed by atoms with van der Waals surface area (Å²) >= 11 is 0. The van der Waals surface area contributed by atoms with E-state index in [1.807, 2.05) is 26.0 Å². The summed E-state index contributed by atoms with van der Waals surface area (Å²) in [5, 5.41) is 20.5. The number of hydrogen-bond acceptors (Lipinski definition) is 6. The minimum Gasteiger partial charge on any atom is -0.508 e. The Morgan fingerprint density at radius 1 is 1.25 bits per heavy atom. The maximum absolute atomic E-state index is 11.3. The second-order valence-electron chi connectivity index (χ2n) is 9.55. The van der Waals surface area contributed by atoms with Gasteiger partial charge in [0.05, 0.1) is 12.7 Å². The number of benzene rings is 1. The maximum atomic E-state index is 11.3. The van der Waals surface area contributed by atoms with Gasteiger partial charge in [0.15, 0.2) is 0 Å². The van der Waals surface area contributed by atoms with Crippen molar-refractivity contribution in [3.05, 3.63) is 45.0 Å². The van der Waals surface area contributed by atoms with Crippen molar-refractivity contribution < 1.29 is 24.6 Å². The van der Waals surface area contributed by atoms with Crippen LogP contribution in [-0.4, -0.2) is 29.2 Å². The van der Waals surface area contributed by atoms with Gasteiger partial charge in [0.2, 0.25) is 0 Å². The smallest absolute Gasteiger partial charge is 0.294 e. The second-order valence-corrected chi connectivity index (χ2v) is 9.55. The molecule has 0 aliphatic heterocycles. The molecule has 0 amide bonds. The molecule has 1 aliphatic rings. The molecule has 178 valence electrons. The number of aromatic hydroxyl groups is 1. The molecule has 0 bridgehead atoms. The second kappa shape index (κ2) is 11.9. The van der Waals surface area contributed by atoms with Gasteiger partial charge < -0.3 is 14.7 Å². The fourth-order valence-corrected chi connectivity index (χ4v) is 4.35. The molecule has 0 spiro atoms. The fourth-order valence-electron chi connectivity index (χ4n) is 4.35. The maximum Gasteiger partial charge on any atom is 0.294 e. The van der Waals surface area contributed by atoms with Crippen molar-refractivity contribution in [1.29, 1.82) is 0 Å². The molecule has 7 nitrogen and oxygen atoms in total. The monoisotopic (exact) mass is 447 g/mol. The van der Waals surface area contributed by atoms with E-state index in [0.29, 0.717) is 18.6 Å². The summed E-state index contributed by atoms with van der Waals surface area (Å²) in [6, 6.07) is 3.91. The quantitative estimate of drug-likeness (QED) is 0.172. The van der Waals surface area contributed by atoms with Crippen LogP contribution < -0.4 is 4.74 Å². The molecule has 0 fully saturated rings. The van der Waals surface area contributed by atoms with Gasteiger partial charge in [-0.15, -0.1) is 10.1 Å². The van der Waals surface area contributed by atoms with Gasteiger partial charge in [0.1, 0.15) is 17.8 Å². The van der Waals surface area contributed by atoms with E-state index in [-0.39, 0.29) is 29.8 Å². The van der Waals surface area contributed by atoms with E-state index in [2.05, 4.69) is 24.8 Å². The molecule has 32 heavy (non-hydrogen) atoms. The van der Waals surface area contributed by atoms with Crippen LogP contribution in [0.1, 0.15) is 96.1 Å². The zero-order valence-electron chi connectivity index (χ0n) is 19.8. The van der Waals surface area contributed by atoms with Gasteiger partial charge in [-0.05, 0) is 80.6 Å². The first kappa shape index (κ1) is 25.7. The van der Waals surface area contributed by atoms with Crippen molar-refractivity contribution >= 4 is 6.29 Å². The fraction of sp³-hybridized carbons (Fsp3) is 0.640. The Morgan fingerprint density at radius 2 is 1.97 bits per heavy atom. The Hall–Kier alpha value is -2.57. The van der Waals surface area contributed by atoms with Gasteiger partial charge in [-0.2, -0.15) is 0 Å². The highest BCUT2D eigenvalue weighted by molar-refractivity contribution is 5.74. The Bertz CT molecular complexity index is 815. The van der Waals surface area contributed by atoms with Crippen LogP contribution in [0.15, 0.2) is 23.8 Å². The van der Waals surface area contributed by atoms with Crippen LogP contribution >= 0.6 is 0 Å². The van der Waals surface area contributed by atoms with E-state index in [1.54, 1.807) is 0 Å². The molecule has 0 saturated heterocycles. The average molecular weight is 448 g/mol. The van der Waals surface area contributed by atoms with Crippen molar-refractivity contribution in [2.45, 2.75) is 96.5 Å². The van der Waals surface area contributed by atoms with Gasteiger partial charge >= 0.3 is 0 Å². The number of phenols is 1. The lowest BCUT2D eigenvalue weighted by Gasteiger charge is -2.30. The molecule has 0 saturated carbocycles. The summed E-state index contributed by atoms with van der Waals surface area (Å²) in [5.41, 5.74) is 2.44. The number of carbonyl (C=O) groups excluding carboxylic acids is 1. The minimum absolute atomic E-state index is 0.0300. The number of phenolic OH excluding ortho intramolecular Hbond substituents is 1. The number of rotatable bonds is 13. The molecule has 7 heteroatoms. The number of carbonyl (C=O) groups is 1. The van der Waals surface area contributed by atoms with Crippen LogP contribution in [0.4, 0.5) is 0 Å². The first-order chi connectivity index (χ1) is 15.1. The summed E-state index contributed by atoms with van der Waals surface area (Å²) < 4.78 is 6.14. The van der Waals surface area contributed by atoms with E-state index in [4.69, 9.17) is 4.74 Å². The van der Waals surface area contributed by atoms with Crippen LogP contribution in [0.25, 0.3) is 0 Å². The van der Waals surface area contributed by atoms with Gasteiger partial charge in [-0.3, -0.25) is 4.79 Å². The van der Waals surface area contributed by atoms with E-state index in [0.717, 1.165) is 61.5 Å². The first-order valence-electron chi connectivity index (χ1n) is 11.6. The molecule has 1 aromatic rings. The third-order valence-corrected chi connectivity index (χ3v) is 6.12. The lowest BCUT2D eigenvalue weighted by atomic mass is 9.77. The van der Waals surface area contributed by atoms with Crippen molar-refractivity contribution in [3.8, 4) is 11.5 Å². The molecule has 1 unspecified atom stereocenters. The predicted molar refractivity (Wildman–Crippen MR) is 124 cm³/mol. The Balaban J connectivity index is 2.12. The van der Waals surface area contributed by atoms with Crippen LogP contribution in [0.3, 0.4) is 0 Å². The number of aldehydes is 1. The standard InChI is InChI=1S/C25H37NO6/c1-18(2)32-23-16-21(25(3,4)12-7-5-6-8-13-31-26(29)30)15-22(28)24(23)20-11-9-10-19(14-20)17-27/h10,15-18,20,28H,5-9,11-14H2,1-4H3. The van der Waals surface area contributed by atoms with Crippen molar-refractivity contribution in [3.63, 3.8) is 0 Å². The number of unbranched alkanes of at least 4 members (excludes halogenated alkanes) is 3. The molecule has 1 aromatic carbocycles. The van der Waals surface area contributed by atoms with Gasteiger partial charge in [-0.25, -0.2) is 0 Å². The normalized spacial score (nSPS) is 16.5. The number of hydrogen-bond donors (Lipinski definition) is 1. The van der Waals surface area contributed by atoms with Crippen LogP contribution in [0.2, 0.25) is 0 Å². The Kier molecular flexibility index (Phi) is 9.54. The average Bonchev–Trinajstić information content (AvgIpc) is 2.72. The highest BCUT2D eigenvalue weighted by Crippen LogP contribution is 2.45. The predicted octanol–water partition coefficient (Wildman–Crippen LogP) is 6.01. The Labute approximate surface area is 190 Å². The topological polar surface area (TPSA) is 98.9 Å². The van der Waals surface area contributed by atoms with E-state index in [1.165, 1.54) is 0 Å². The third-order valence-electron chi connectivity index (χ3n) is 6.12. The van der Waals surface area contributed by atoms with Crippen molar-refractivity contribution in [2.75, 3.05) is 6.61 Å². The van der Waals surface area contributed by atoms with E-state index in [9.17, 15) is 20.0 Å². The van der Waals surface area contributed by atoms with Crippen molar-refractivity contribution in [2.24, 2.45) is 0 Å². The summed E-state index contributed by atoms with van der Waals surface area (Å²) in [6.07, 6.45) is 9.58. The molecule has 1 aliphatic carbocycles. The third kappa shape index (κ3) is 7.53. The lowest BCUT2D eigenvalue weighted by molar-refractivity contribution is -0.757. The lowest BCUT2D eigenvalue weighted by Crippen LogP contribution is -2.19. The molecular formula is C25H37NO6. The Morgan fingerprint density at radius 3 is 2.62 bits per heavy atom. The largest absolute Gasteiger partial charge is 0.508 e.